The maximum atomic E-state index is 12.6. The molecule has 2 N–H and O–H groups in total. The second-order valence-corrected chi connectivity index (χ2v) is 5.44. The van der Waals surface area contributed by atoms with Crippen LogP contribution in [0.5, 0.6) is 0 Å². The van der Waals surface area contributed by atoms with Gasteiger partial charge in [0.05, 0.1) is 11.1 Å². The van der Waals surface area contributed by atoms with Crippen molar-refractivity contribution >= 4 is 17.4 Å². The van der Waals surface area contributed by atoms with E-state index >= 15 is 0 Å². The van der Waals surface area contributed by atoms with Crippen molar-refractivity contribution in [2.24, 2.45) is 0 Å². The van der Waals surface area contributed by atoms with E-state index in [1.807, 2.05) is 0 Å². The largest absolute Gasteiger partial charge is 0.506 e. The van der Waals surface area contributed by atoms with Crippen LogP contribution in [-0.4, -0.2) is 11.0 Å². The van der Waals surface area contributed by atoms with Crippen LogP contribution in [0.4, 0.5) is 32.0 Å². The highest BCUT2D eigenvalue weighted by atomic mass is 19.4. The Labute approximate surface area is 154 Å². The van der Waals surface area contributed by atoms with Crippen LogP contribution in [0.2, 0.25) is 0 Å². The smallest absolute Gasteiger partial charge is 0.416 e. The van der Waals surface area contributed by atoms with Gasteiger partial charge in [0, 0.05) is 11.3 Å². The van der Waals surface area contributed by atoms with Gasteiger partial charge >= 0.3 is 12.4 Å². The molecule has 0 aliphatic heterocycles. The fourth-order valence-corrected chi connectivity index (χ4v) is 2.11. The number of amides is 1. The number of benzene rings is 2. The molecule has 1 amide bonds. The van der Waals surface area contributed by atoms with Gasteiger partial charge in [-0.25, -0.2) is 0 Å². The Bertz CT molecular complexity index is 937. The van der Waals surface area contributed by atoms with Gasteiger partial charge in [0.25, 0.3) is 5.91 Å². The molecule has 4 nitrogen and oxygen atoms in total. The molecular formula is C18H10F6N2O2. The Morgan fingerprint density at radius 3 is 1.68 bits per heavy atom. The van der Waals surface area contributed by atoms with Crippen LogP contribution >= 0.6 is 0 Å². The molecule has 0 aromatic heterocycles. The molecule has 0 fully saturated rings. The molecule has 0 saturated carbocycles. The molecule has 0 aliphatic carbocycles. The van der Waals surface area contributed by atoms with Crippen molar-refractivity contribution in [2.45, 2.75) is 12.4 Å². The zero-order chi connectivity index (χ0) is 21.1. The second kappa shape index (κ2) is 7.64. The van der Waals surface area contributed by atoms with Crippen molar-refractivity contribution in [2.75, 3.05) is 5.32 Å². The Balaban J connectivity index is 2.25. The Morgan fingerprint density at radius 1 is 0.857 bits per heavy atom. The summed E-state index contributed by atoms with van der Waals surface area (Å²) in [6.45, 7) is 0. The van der Waals surface area contributed by atoms with Gasteiger partial charge in [-0.2, -0.15) is 31.6 Å². The van der Waals surface area contributed by atoms with Crippen molar-refractivity contribution in [3.63, 3.8) is 0 Å². The number of nitrogens with zero attached hydrogens (tertiary/aromatic N) is 1. The Kier molecular flexibility index (Phi) is 5.68. The van der Waals surface area contributed by atoms with E-state index in [-0.39, 0.29) is 11.3 Å². The minimum atomic E-state index is -4.60. The summed E-state index contributed by atoms with van der Waals surface area (Å²) in [7, 11) is 0. The summed E-state index contributed by atoms with van der Waals surface area (Å²) in [5.41, 5.74) is -3.05. The van der Waals surface area contributed by atoms with Crippen LogP contribution in [-0.2, 0) is 17.1 Å². The number of carbonyl (C=O) groups is 1. The lowest BCUT2D eigenvalue weighted by atomic mass is 10.1. The molecule has 0 atom stereocenters. The van der Waals surface area contributed by atoms with Crippen LogP contribution in [0.15, 0.2) is 54.1 Å². The van der Waals surface area contributed by atoms with E-state index in [2.05, 4.69) is 5.32 Å². The summed E-state index contributed by atoms with van der Waals surface area (Å²) >= 11 is 0. The van der Waals surface area contributed by atoms with Crippen LogP contribution in [0.3, 0.4) is 0 Å². The van der Waals surface area contributed by atoms with Crippen molar-refractivity contribution in [1.82, 2.24) is 0 Å². The summed E-state index contributed by atoms with van der Waals surface area (Å²) in [4.78, 5) is 12.1. The maximum absolute atomic E-state index is 12.6. The van der Waals surface area contributed by atoms with Gasteiger partial charge in [0.15, 0.2) is 5.57 Å². The highest BCUT2D eigenvalue weighted by Gasteiger charge is 2.31. The number of carbonyl (C=O) groups excluding carboxylic acids is 1. The first-order valence-corrected chi connectivity index (χ1v) is 7.43. The number of hydrogen-bond donors (Lipinski definition) is 2. The first kappa shape index (κ1) is 20.8. The van der Waals surface area contributed by atoms with E-state index in [0.717, 1.165) is 24.3 Å². The number of aliphatic hydroxyl groups is 1. The third kappa shape index (κ3) is 4.82. The molecule has 146 valence electrons. The lowest BCUT2D eigenvalue weighted by Gasteiger charge is -2.10. The number of halogens is 6. The topological polar surface area (TPSA) is 73.1 Å². The van der Waals surface area contributed by atoms with Crippen LogP contribution in [0.25, 0.3) is 5.76 Å². The zero-order valence-electron chi connectivity index (χ0n) is 13.7. The Hall–Kier alpha value is -3.48. The molecule has 0 bridgehead atoms. The number of alkyl halides is 6. The van der Waals surface area contributed by atoms with Gasteiger partial charge in [-0.3, -0.25) is 4.79 Å². The SMILES string of the molecule is N#C/C(C(=O)Nc1ccc(C(F)(F)F)cc1)=C(/O)c1ccc(C(F)(F)F)cc1. The standard InChI is InChI=1S/C18H10F6N2O2/c19-17(20,21)11-3-1-10(2-4-11)15(27)14(9-25)16(28)26-13-7-5-12(6-8-13)18(22,23)24/h1-8,27H,(H,26,28)/b15-14-. The van der Waals surface area contributed by atoms with Crippen molar-refractivity contribution in [3.05, 3.63) is 70.8 Å². The summed E-state index contributed by atoms with van der Waals surface area (Å²) < 4.78 is 75.2. The number of hydrogen-bond acceptors (Lipinski definition) is 3. The molecule has 0 spiro atoms. The molecule has 0 heterocycles. The van der Waals surface area contributed by atoms with Crippen molar-refractivity contribution < 1.29 is 36.2 Å². The molecule has 2 rings (SSSR count). The number of aliphatic hydroxyl groups excluding tert-OH is 1. The molecule has 0 saturated heterocycles. The molecular weight excluding hydrogens is 390 g/mol. The third-order valence-electron chi connectivity index (χ3n) is 3.53. The van der Waals surface area contributed by atoms with E-state index in [1.54, 1.807) is 0 Å². The molecule has 0 unspecified atom stereocenters. The number of nitrogens with one attached hydrogen (secondary N) is 1. The highest BCUT2D eigenvalue weighted by Crippen LogP contribution is 2.31. The van der Waals surface area contributed by atoms with Gasteiger partial charge in [-0.05, 0) is 36.4 Å². The molecule has 2 aromatic rings. The van der Waals surface area contributed by atoms with E-state index in [9.17, 15) is 36.2 Å². The van der Waals surface area contributed by atoms with E-state index in [0.29, 0.717) is 24.3 Å². The van der Waals surface area contributed by atoms with E-state index in [4.69, 9.17) is 5.26 Å². The molecule has 10 heteroatoms. The minimum absolute atomic E-state index is 0.0778. The van der Waals surface area contributed by atoms with Gasteiger partial charge in [0.2, 0.25) is 0 Å². The first-order chi connectivity index (χ1) is 12.9. The van der Waals surface area contributed by atoms with Crippen molar-refractivity contribution in [3.8, 4) is 6.07 Å². The first-order valence-electron chi connectivity index (χ1n) is 7.43. The lowest BCUT2D eigenvalue weighted by molar-refractivity contribution is -0.138. The van der Waals surface area contributed by atoms with Gasteiger partial charge in [0.1, 0.15) is 11.8 Å². The molecule has 28 heavy (non-hydrogen) atoms. The van der Waals surface area contributed by atoms with Crippen LogP contribution in [0.1, 0.15) is 16.7 Å². The monoisotopic (exact) mass is 400 g/mol. The minimum Gasteiger partial charge on any atom is -0.506 e. The highest BCUT2D eigenvalue weighted by molar-refractivity contribution is 6.10. The van der Waals surface area contributed by atoms with E-state index in [1.165, 1.54) is 6.07 Å². The zero-order valence-corrected chi connectivity index (χ0v) is 13.7. The predicted molar refractivity (Wildman–Crippen MR) is 86.7 cm³/mol. The number of nitriles is 1. The summed E-state index contributed by atoms with van der Waals surface area (Å²) in [5, 5.41) is 21.3. The molecule has 2 aromatic carbocycles. The fourth-order valence-electron chi connectivity index (χ4n) is 2.11. The number of rotatable bonds is 3. The predicted octanol–water partition coefficient (Wildman–Crippen LogP) is 5.16. The van der Waals surface area contributed by atoms with Crippen molar-refractivity contribution in [1.29, 1.82) is 5.26 Å². The average Bonchev–Trinajstić information content (AvgIpc) is 2.61. The van der Waals surface area contributed by atoms with Crippen LogP contribution < -0.4 is 5.32 Å². The van der Waals surface area contributed by atoms with Gasteiger partial charge in [-0.15, -0.1) is 0 Å². The fraction of sp³-hybridized carbons (Fsp3) is 0.111. The molecule has 0 radical (unpaired) electrons. The lowest BCUT2D eigenvalue weighted by Crippen LogP contribution is -2.15. The van der Waals surface area contributed by atoms with Gasteiger partial charge < -0.3 is 10.4 Å². The number of anilines is 1. The third-order valence-corrected chi connectivity index (χ3v) is 3.53. The van der Waals surface area contributed by atoms with E-state index < -0.39 is 40.7 Å². The van der Waals surface area contributed by atoms with Gasteiger partial charge in [-0.1, -0.05) is 12.1 Å². The quantitative estimate of drug-likeness (QED) is 0.324. The average molecular weight is 400 g/mol. The Morgan fingerprint density at radius 2 is 1.29 bits per heavy atom. The summed E-state index contributed by atoms with van der Waals surface area (Å²) in [6.07, 6.45) is -9.17. The normalized spacial score (nSPS) is 12.8. The van der Waals surface area contributed by atoms with Crippen LogP contribution in [0, 0.1) is 11.3 Å². The second-order valence-electron chi connectivity index (χ2n) is 5.44. The summed E-state index contributed by atoms with van der Waals surface area (Å²) in [6, 6.07) is 7.81. The molecule has 0 aliphatic rings. The summed E-state index contributed by atoms with van der Waals surface area (Å²) in [5.74, 6) is -2.01. The maximum Gasteiger partial charge on any atom is 0.416 e.